The van der Waals surface area contributed by atoms with Gasteiger partial charge in [0.05, 0.1) is 0 Å². The summed E-state index contributed by atoms with van der Waals surface area (Å²) in [4.78, 5) is 27.5. The molecule has 0 radical (unpaired) electrons. The number of isocyanates is 2. The van der Waals surface area contributed by atoms with Gasteiger partial charge in [-0.25, -0.2) is 9.59 Å². The Labute approximate surface area is 87.4 Å². The van der Waals surface area contributed by atoms with Crippen LogP contribution in [0.2, 0.25) is 0 Å². The van der Waals surface area contributed by atoms with Crippen LogP contribution in [0.3, 0.4) is 0 Å². The van der Waals surface area contributed by atoms with E-state index in [-0.39, 0.29) is 0 Å². The standard InChI is InChI=1S/C11H10N2O2/c1-2-4-9-5-3-6-10(12-7-14)11(9)13-8-15/h3,5-6H,2,4H2,1H3. The van der Waals surface area contributed by atoms with Gasteiger partial charge in [0.25, 0.3) is 0 Å². The zero-order valence-corrected chi connectivity index (χ0v) is 8.36. The summed E-state index contributed by atoms with van der Waals surface area (Å²) in [5, 5.41) is 0. The first-order chi connectivity index (χ1) is 7.33. The molecule has 0 aliphatic rings. The average molecular weight is 202 g/mol. The van der Waals surface area contributed by atoms with Crippen LogP contribution in [0, 0.1) is 0 Å². The van der Waals surface area contributed by atoms with Crippen molar-refractivity contribution in [1.82, 2.24) is 0 Å². The van der Waals surface area contributed by atoms with Crippen molar-refractivity contribution in [3.05, 3.63) is 23.8 Å². The fourth-order valence-corrected chi connectivity index (χ4v) is 1.36. The molecule has 0 aliphatic heterocycles. The van der Waals surface area contributed by atoms with E-state index in [4.69, 9.17) is 0 Å². The smallest absolute Gasteiger partial charge is 0.211 e. The summed E-state index contributed by atoms with van der Waals surface area (Å²) in [6, 6.07) is 5.23. The minimum Gasteiger partial charge on any atom is -0.211 e. The molecule has 0 saturated carbocycles. The Bertz CT molecular complexity index is 442. The third-order valence-corrected chi connectivity index (χ3v) is 1.94. The number of aryl methyl sites for hydroxylation is 1. The molecular weight excluding hydrogens is 192 g/mol. The normalized spacial score (nSPS) is 8.87. The van der Waals surface area contributed by atoms with E-state index in [1.807, 2.05) is 13.0 Å². The largest absolute Gasteiger partial charge is 0.240 e. The van der Waals surface area contributed by atoms with Crippen molar-refractivity contribution >= 4 is 23.5 Å². The van der Waals surface area contributed by atoms with Crippen molar-refractivity contribution in [2.24, 2.45) is 9.98 Å². The molecule has 4 nitrogen and oxygen atoms in total. The van der Waals surface area contributed by atoms with Crippen LogP contribution in [0.1, 0.15) is 18.9 Å². The van der Waals surface area contributed by atoms with Gasteiger partial charge in [0.15, 0.2) is 0 Å². The van der Waals surface area contributed by atoms with Crippen molar-refractivity contribution in [2.75, 3.05) is 0 Å². The molecule has 0 N–H and O–H groups in total. The summed E-state index contributed by atoms with van der Waals surface area (Å²) in [6.45, 7) is 2.02. The van der Waals surface area contributed by atoms with Gasteiger partial charge in [-0.05, 0) is 18.1 Å². The third-order valence-electron chi connectivity index (χ3n) is 1.94. The van der Waals surface area contributed by atoms with Crippen molar-refractivity contribution in [3.8, 4) is 0 Å². The molecule has 4 heteroatoms. The Morgan fingerprint density at radius 2 is 1.93 bits per heavy atom. The predicted molar refractivity (Wildman–Crippen MR) is 56.0 cm³/mol. The molecule has 1 aromatic carbocycles. The molecule has 0 aliphatic carbocycles. The molecule has 0 spiro atoms. The third kappa shape index (κ3) is 2.71. The summed E-state index contributed by atoms with van der Waals surface area (Å²) < 4.78 is 0. The lowest BCUT2D eigenvalue weighted by Crippen LogP contribution is -1.84. The summed E-state index contributed by atoms with van der Waals surface area (Å²) >= 11 is 0. The van der Waals surface area contributed by atoms with E-state index in [2.05, 4.69) is 9.98 Å². The molecule has 0 amide bonds. The first-order valence-electron chi connectivity index (χ1n) is 4.61. The highest BCUT2D eigenvalue weighted by atomic mass is 16.1. The number of rotatable bonds is 4. The SMILES string of the molecule is CCCc1cccc(N=C=O)c1N=C=O. The molecule has 0 heterocycles. The Balaban J connectivity index is 3.33. The molecule has 0 aromatic heterocycles. The summed E-state index contributed by atoms with van der Waals surface area (Å²) in [6.07, 6.45) is 4.61. The van der Waals surface area contributed by atoms with Gasteiger partial charge in [-0.3, -0.25) is 0 Å². The fourth-order valence-electron chi connectivity index (χ4n) is 1.36. The van der Waals surface area contributed by atoms with Gasteiger partial charge >= 0.3 is 0 Å². The maximum atomic E-state index is 10.3. The molecule has 1 rings (SSSR count). The number of nitrogens with zero attached hydrogens (tertiary/aromatic N) is 2. The molecule has 0 fully saturated rings. The van der Waals surface area contributed by atoms with Crippen LogP contribution in [-0.4, -0.2) is 12.2 Å². The van der Waals surface area contributed by atoms with Crippen molar-refractivity contribution in [1.29, 1.82) is 0 Å². The summed E-state index contributed by atoms with van der Waals surface area (Å²) in [5.74, 6) is 0. The fraction of sp³-hybridized carbons (Fsp3) is 0.273. The van der Waals surface area contributed by atoms with Crippen molar-refractivity contribution in [3.63, 3.8) is 0 Å². The number of carbonyl (C=O) groups excluding carboxylic acids is 2. The van der Waals surface area contributed by atoms with Gasteiger partial charge in [0, 0.05) is 0 Å². The molecule has 0 saturated heterocycles. The van der Waals surface area contributed by atoms with E-state index in [0.717, 1.165) is 18.4 Å². The predicted octanol–water partition coefficient (Wildman–Crippen LogP) is 2.57. The minimum atomic E-state index is 0.360. The molecule has 0 unspecified atom stereocenters. The van der Waals surface area contributed by atoms with E-state index >= 15 is 0 Å². The number of hydrogen-bond acceptors (Lipinski definition) is 4. The summed E-state index contributed by atoms with van der Waals surface area (Å²) in [7, 11) is 0. The highest BCUT2D eigenvalue weighted by molar-refractivity contribution is 5.71. The van der Waals surface area contributed by atoms with E-state index in [9.17, 15) is 9.59 Å². The van der Waals surface area contributed by atoms with Crippen molar-refractivity contribution in [2.45, 2.75) is 19.8 Å². The number of hydrogen-bond donors (Lipinski definition) is 0. The maximum Gasteiger partial charge on any atom is 0.240 e. The first kappa shape index (κ1) is 11.1. The second-order valence-electron chi connectivity index (χ2n) is 2.94. The molecular formula is C11H10N2O2. The first-order valence-corrected chi connectivity index (χ1v) is 4.61. The average Bonchev–Trinajstić information content (AvgIpc) is 2.23. The second-order valence-corrected chi connectivity index (χ2v) is 2.94. The highest BCUT2D eigenvalue weighted by Gasteiger charge is 2.06. The Kier molecular flexibility index (Phi) is 4.17. The van der Waals surface area contributed by atoms with Crippen LogP contribution in [-0.2, 0) is 16.0 Å². The van der Waals surface area contributed by atoms with Crippen LogP contribution in [0.25, 0.3) is 0 Å². The maximum absolute atomic E-state index is 10.3. The van der Waals surface area contributed by atoms with E-state index in [0.29, 0.717) is 11.4 Å². The topological polar surface area (TPSA) is 58.9 Å². The lowest BCUT2D eigenvalue weighted by atomic mass is 10.1. The van der Waals surface area contributed by atoms with E-state index in [1.165, 1.54) is 12.2 Å². The highest BCUT2D eigenvalue weighted by Crippen LogP contribution is 2.31. The van der Waals surface area contributed by atoms with Gasteiger partial charge in [0.2, 0.25) is 12.2 Å². The number of benzene rings is 1. The quantitative estimate of drug-likeness (QED) is 0.556. The molecule has 15 heavy (non-hydrogen) atoms. The minimum absolute atomic E-state index is 0.360. The van der Waals surface area contributed by atoms with Crippen LogP contribution in [0.4, 0.5) is 11.4 Å². The van der Waals surface area contributed by atoms with Gasteiger partial charge < -0.3 is 0 Å². The Hall–Kier alpha value is -2.02. The van der Waals surface area contributed by atoms with E-state index in [1.54, 1.807) is 12.1 Å². The van der Waals surface area contributed by atoms with Gasteiger partial charge in [-0.15, -0.1) is 0 Å². The molecule has 0 bridgehead atoms. The monoisotopic (exact) mass is 202 g/mol. The van der Waals surface area contributed by atoms with Crippen LogP contribution in [0.15, 0.2) is 28.2 Å². The van der Waals surface area contributed by atoms with Crippen LogP contribution in [0.5, 0.6) is 0 Å². The Morgan fingerprint density at radius 3 is 2.53 bits per heavy atom. The second kappa shape index (κ2) is 5.66. The molecule has 1 aromatic rings. The van der Waals surface area contributed by atoms with Gasteiger partial charge in [-0.2, -0.15) is 9.98 Å². The van der Waals surface area contributed by atoms with Gasteiger partial charge in [-0.1, -0.05) is 25.5 Å². The zero-order valence-electron chi connectivity index (χ0n) is 8.36. The molecule has 76 valence electrons. The van der Waals surface area contributed by atoms with Crippen LogP contribution < -0.4 is 0 Å². The van der Waals surface area contributed by atoms with Gasteiger partial charge in [0.1, 0.15) is 11.4 Å². The summed E-state index contributed by atoms with van der Waals surface area (Å²) in [5.41, 5.74) is 1.66. The number of aliphatic imine (C=N–C) groups is 2. The lowest BCUT2D eigenvalue weighted by Gasteiger charge is -2.04. The van der Waals surface area contributed by atoms with Crippen LogP contribution >= 0.6 is 0 Å². The van der Waals surface area contributed by atoms with Crippen molar-refractivity contribution < 1.29 is 9.59 Å². The lowest BCUT2D eigenvalue weighted by molar-refractivity contribution is 0.564. The number of para-hydroxylation sites is 1. The zero-order chi connectivity index (χ0) is 11.1. The molecule has 0 atom stereocenters. The Morgan fingerprint density at radius 1 is 1.20 bits per heavy atom. The van der Waals surface area contributed by atoms with E-state index < -0.39 is 0 Å².